The van der Waals surface area contributed by atoms with Gasteiger partial charge >= 0.3 is 0 Å². The number of aromatic hydroxyl groups is 1. The van der Waals surface area contributed by atoms with Gasteiger partial charge in [-0.05, 0) is 37.1 Å². The first-order chi connectivity index (χ1) is 12.5. The number of aromatic nitrogens is 2. The van der Waals surface area contributed by atoms with Crippen molar-refractivity contribution in [3.63, 3.8) is 0 Å². The lowest BCUT2D eigenvalue weighted by Crippen LogP contribution is -2.50. The van der Waals surface area contributed by atoms with Crippen molar-refractivity contribution >= 4 is 17.4 Å². The number of hydrogen-bond donors (Lipinski definition) is 2. The minimum Gasteiger partial charge on any atom is -0.508 e. The van der Waals surface area contributed by atoms with Crippen LogP contribution in [0.3, 0.4) is 0 Å². The average molecular weight is 374 g/mol. The van der Waals surface area contributed by atoms with Gasteiger partial charge in [-0.25, -0.2) is 0 Å². The Morgan fingerprint density at radius 3 is 2.88 bits per heavy atom. The molecule has 2 N–H and O–H groups in total. The van der Waals surface area contributed by atoms with Crippen molar-refractivity contribution in [1.29, 1.82) is 0 Å². The molecule has 1 fully saturated rings. The van der Waals surface area contributed by atoms with Crippen LogP contribution in [0, 0.1) is 6.92 Å². The first-order valence-electron chi connectivity index (χ1n) is 9.05. The van der Waals surface area contributed by atoms with Crippen LogP contribution < -0.4 is 10.2 Å². The highest BCUT2D eigenvalue weighted by Crippen LogP contribution is 2.35. The Labute approximate surface area is 158 Å². The summed E-state index contributed by atoms with van der Waals surface area (Å²) in [6.45, 7) is 9.43. The molecule has 6 nitrogen and oxygen atoms in total. The van der Waals surface area contributed by atoms with E-state index in [-0.39, 0.29) is 0 Å². The van der Waals surface area contributed by atoms with Gasteiger partial charge in [0.1, 0.15) is 5.75 Å². The first kappa shape index (κ1) is 17.5. The summed E-state index contributed by atoms with van der Waals surface area (Å²) in [6, 6.07) is 5.91. The number of piperazine rings is 1. The van der Waals surface area contributed by atoms with E-state index in [1.54, 1.807) is 6.07 Å². The highest BCUT2D eigenvalue weighted by molar-refractivity contribution is 6.30. The van der Waals surface area contributed by atoms with Gasteiger partial charge in [-0.1, -0.05) is 17.7 Å². The number of hydrogen-bond acceptors (Lipinski definition) is 6. The Morgan fingerprint density at radius 2 is 2.08 bits per heavy atom. The van der Waals surface area contributed by atoms with E-state index in [1.165, 1.54) is 11.1 Å². The largest absolute Gasteiger partial charge is 0.508 e. The predicted molar refractivity (Wildman–Crippen MR) is 103 cm³/mol. The van der Waals surface area contributed by atoms with Crippen molar-refractivity contribution in [2.45, 2.75) is 39.5 Å². The summed E-state index contributed by atoms with van der Waals surface area (Å²) >= 11 is 6.37. The maximum Gasteiger partial charge on any atom is 0.156 e. The van der Waals surface area contributed by atoms with Crippen molar-refractivity contribution < 1.29 is 5.11 Å². The number of halogens is 1. The highest BCUT2D eigenvalue weighted by Gasteiger charge is 2.30. The predicted octanol–water partition coefficient (Wildman–Crippen LogP) is 2.46. The second-order valence-electron chi connectivity index (χ2n) is 7.27. The van der Waals surface area contributed by atoms with Crippen molar-refractivity contribution in [2.24, 2.45) is 0 Å². The highest BCUT2D eigenvalue weighted by atomic mass is 35.5. The van der Waals surface area contributed by atoms with Gasteiger partial charge in [-0.15, -0.1) is 10.2 Å². The summed E-state index contributed by atoms with van der Waals surface area (Å²) in [5, 5.41) is 22.4. The van der Waals surface area contributed by atoms with E-state index in [0.717, 1.165) is 56.2 Å². The van der Waals surface area contributed by atoms with E-state index in [4.69, 9.17) is 11.6 Å². The van der Waals surface area contributed by atoms with E-state index in [9.17, 15) is 5.11 Å². The molecule has 0 spiro atoms. The van der Waals surface area contributed by atoms with E-state index in [1.807, 2.05) is 12.1 Å². The SMILES string of the molecule is Cc1ccc(O)cc1CN1Cc2c(Cl)nnc(N3CCNCC3C)c2C1. The Morgan fingerprint density at radius 1 is 1.27 bits per heavy atom. The van der Waals surface area contributed by atoms with Gasteiger partial charge in [0, 0.05) is 56.4 Å². The van der Waals surface area contributed by atoms with Crippen LogP contribution in [-0.2, 0) is 19.6 Å². The molecule has 1 atom stereocenters. The number of anilines is 1. The minimum atomic E-state index is 0.305. The van der Waals surface area contributed by atoms with Crippen LogP contribution in [0.5, 0.6) is 5.75 Å². The van der Waals surface area contributed by atoms with Crippen molar-refractivity contribution in [1.82, 2.24) is 20.4 Å². The average Bonchev–Trinajstić information content (AvgIpc) is 3.04. The fraction of sp³-hybridized carbons (Fsp3) is 0.474. The van der Waals surface area contributed by atoms with Crippen molar-refractivity contribution in [3.8, 4) is 5.75 Å². The second kappa shape index (κ2) is 7.02. The molecule has 2 aliphatic heterocycles. The van der Waals surface area contributed by atoms with Gasteiger partial charge in [0.25, 0.3) is 0 Å². The third-order valence-electron chi connectivity index (χ3n) is 5.38. The van der Waals surface area contributed by atoms with E-state index in [0.29, 0.717) is 16.9 Å². The van der Waals surface area contributed by atoms with E-state index in [2.05, 4.69) is 39.2 Å². The van der Waals surface area contributed by atoms with E-state index >= 15 is 0 Å². The number of fused-ring (bicyclic) bond motifs is 1. The van der Waals surface area contributed by atoms with Gasteiger partial charge in [-0.3, -0.25) is 4.90 Å². The molecule has 1 aromatic carbocycles. The zero-order chi connectivity index (χ0) is 18.3. The molecule has 4 rings (SSSR count). The summed E-state index contributed by atoms with van der Waals surface area (Å²) in [7, 11) is 0. The molecule has 1 unspecified atom stereocenters. The number of aryl methyl sites for hydroxylation is 1. The number of phenols is 1. The minimum absolute atomic E-state index is 0.305. The third kappa shape index (κ3) is 3.24. The molecule has 3 heterocycles. The summed E-state index contributed by atoms with van der Waals surface area (Å²) in [4.78, 5) is 4.67. The van der Waals surface area contributed by atoms with Gasteiger partial charge < -0.3 is 15.3 Å². The molecule has 2 aromatic rings. The standard InChI is InChI=1S/C19H24ClN5O/c1-12-3-4-15(26)7-14(12)9-24-10-16-17(11-24)19(23-22-18(16)20)25-6-5-21-8-13(25)2/h3-4,7,13,21,26H,5-6,8-11H2,1-2H3. The van der Waals surface area contributed by atoms with Crippen LogP contribution in [-0.4, -0.2) is 45.9 Å². The third-order valence-corrected chi connectivity index (χ3v) is 5.68. The molecule has 2 aliphatic rings. The lowest BCUT2D eigenvalue weighted by atomic mass is 10.1. The first-order valence-corrected chi connectivity index (χ1v) is 9.43. The van der Waals surface area contributed by atoms with E-state index < -0.39 is 0 Å². The summed E-state index contributed by atoms with van der Waals surface area (Å²) < 4.78 is 0. The number of nitrogens with one attached hydrogen (secondary N) is 1. The maximum atomic E-state index is 9.80. The Hall–Kier alpha value is -1.89. The zero-order valence-corrected chi connectivity index (χ0v) is 15.9. The van der Waals surface area contributed by atoms with Crippen LogP contribution in [0.1, 0.15) is 29.2 Å². The molecule has 0 bridgehead atoms. The van der Waals surface area contributed by atoms with Crippen molar-refractivity contribution in [2.75, 3.05) is 24.5 Å². The second-order valence-corrected chi connectivity index (χ2v) is 7.63. The van der Waals surface area contributed by atoms with Gasteiger partial charge in [0.05, 0.1) is 0 Å². The number of benzene rings is 1. The zero-order valence-electron chi connectivity index (χ0n) is 15.2. The molecule has 7 heteroatoms. The van der Waals surface area contributed by atoms with Crippen LogP contribution in [0.4, 0.5) is 5.82 Å². The maximum absolute atomic E-state index is 9.80. The van der Waals surface area contributed by atoms with Crippen LogP contribution in [0.15, 0.2) is 18.2 Å². The molecule has 0 radical (unpaired) electrons. The molecule has 1 aromatic heterocycles. The number of rotatable bonds is 3. The van der Waals surface area contributed by atoms with Crippen LogP contribution in [0.2, 0.25) is 5.15 Å². The molecule has 1 saturated heterocycles. The molecule has 138 valence electrons. The topological polar surface area (TPSA) is 64.5 Å². The fourth-order valence-electron chi connectivity index (χ4n) is 3.87. The normalized spacial score (nSPS) is 20.4. The summed E-state index contributed by atoms with van der Waals surface area (Å²) in [5.74, 6) is 1.27. The molecular formula is C19H24ClN5O. The Balaban J connectivity index is 1.61. The molecule has 0 amide bonds. The quantitative estimate of drug-likeness (QED) is 0.861. The Kier molecular flexibility index (Phi) is 4.73. The molecule has 26 heavy (non-hydrogen) atoms. The monoisotopic (exact) mass is 373 g/mol. The number of phenolic OH excluding ortho intramolecular Hbond substituents is 1. The van der Waals surface area contributed by atoms with Gasteiger partial charge in [-0.2, -0.15) is 0 Å². The Bertz CT molecular complexity index is 828. The smallest absolute Gasteiger partial charge is 0.156 e. The molecule has 0 aliphatic carbocycles. The lowest BCUT2D eigenvalue weighted by molar-refractivity contribution is 0.274. The van der Waals surface area contributed by atoms with Crippen molar-refractivity contribution in [3.05, 3.63) is 45.6 Å². The summed E-state index contributed by atoms with van der Waals surface area (Å²) in [5.41, 5.74) is 4.58. The lowest BCUT2D eigenvalue weighted by Gasteiger charge is -2.35. The summed E-state index contributed by atoms with van der Waals surface area (Å²) in [6.07, 6.45) is 0. The molecular weight excluding hydrogens is 350 g/mol. The van der Waals surface area contributed by atoms with Crippen LogP contribution in [0.25, 0.3) is 0 Å². The van der Waals surface area contributed by atoms with Gasteiger partial charge in [0.15, 0.2) is 11.0 Å². The fourth-order valence-corrected chi connectivity index (χ4v) is 4.08. The molecule has 0 saturated carbocycles. The number of nitrogens with zero attached hydrogens (tertiary/aromatic N) is 4. The van der Waals surface area contributed by atoms with Crippen LogP contribution >= 0.6 is 11.6 Å². The van der Waals surface area contributed by atoms with Gasteiger partial charge in [0.2, 0.25) is 0 Å².